The van der Waals surface area contributed by atoms with Gasteiger partial charge in [-0.15, -0.1) is 0 Å². The molecule has 2 heterocycles. The van der Waals surface area contributed by atoms with Gasteiger partial charge in [0, 0.05) is 23.7 Å². The zero-order chi connectivity index (χ0) is 17.7. The number of nitrogens with zero attached hydrogens (tertiary/aromatic N) is 2. The van der Waals surface area contributed by atoms with Crippen LogP contribution in [0.2, 0.25) is 0 Å². The standard InChI is InChI=1S/C18H16F4N2/c1-10-7-11(9-23-16(10)18(20,21)22)15-12-5-4-6-14(19)13(12)8-17(2,3)24-15/h4-7,9H,8H2,1-3H3. The van der Waals surface area contributed by atoms with E-state index in [0.29, 0.717) is 28.8 Å². The lowest BCUT2D eigenvalue weighted by atomic mass is 9.84. The molecule has 0 N–H and O–H groups in total. The third-order valence-electron chi connectivity index (χ3n) is 4.02. The van der Waals surface area contributed by atoms with Crippen molar-refractivity contribution in [3.05, 3.63) is 64.2 Å². The molecule has 3 rings (SSSR count). The smallest absolute Gasteiger partial charge is 0.278 e. The molecule has 0 bridgehead atoms. The van der Waals surface area contributed by atoms with E-state index in [9.17, 15) is 17.6 Å². The molecule has 0 saturated heterocycles. The van der Waals surface area contributed by atoms with Crippen molar-refractivity contribution in [3.63, 3.8) is 0 Å². The van der Waals surface area contributed by atoms with Crippen molar-refractivity contribution in [2.45, 2.75) is 38.9 Å². The molecular weight excluding hydrogens is 320 g/mol. The van der Waals surface area contributed by atoms with Crippen LogP contribution in [0.4, 0.5) is 17.6 Å². The van der Waals surface area contributed by atoms with Gasteiger partial charge in [0.25, 0.3) is 0 Å². The van der Waals surface area contributed by atoms with E-state index in [-0.39, 0.29) is 11.4 Å². The van der Waals surface area contributed by atoms with E-state index in [0.717, 1.165) is 6.20 Å². The molecule has 0 aliphatic carbocycles. The molecule has 1 aliphatic rings. The number of fused-ring (bicyclic) bond motifs is 1. The van der Waals surface area contributed by atoms with E-state index in [2.05, 4.69) is 9.98 Å². The molecule has 6 heteroatoms. The summed E-state index contributed by atoms with van der Waals surface area (Å²) in [6, 6.07) is 6.10. The molecule has 1 aliphatic heterocycles. The second-order valence-corrected chi connectivity index (χ2v) is 6.60. The molecule has 24 heavy (non-hydrogen) atoms. The summed E-state index contributed by atoms with van der Waals surface area (Å²) < 4.78 is 52.9. The average Bonchev–Trinajstić information content (AvgIpc) is 2.45. The summed E-state index contributed by atoms with van der Waals surface area (Å²) in [6.07, 6.45) is -2.91. The highest BCUT2D eigenvalue weighted by Gasteiger charge is 2.35. The Bertz CT molecular complexity index is 835. The van der Waals surface area contributed by atoms with Gasteiger partial charge in [-0.1, -0.05) is 12.1 Å². The number of alkyl halides is 3. The largest absolute Gasteiger partial charge is 0.433 e. The second-order valence-electron chi connectivity index (χ2n) is 6.60. The maximum absolute atomic E-state index is 14.2. The summed E-state index contributed by atoms with van der Waals surface area (Å²) in [7, 11) is 0. The van der Waals surface area contributed by atoms with Gasteiger partial charge < -0.3 is 0 Å². The van der Waals surface area contributed by atoms with Crippen LogP contribution in [0.5, 0.6) is 0 Å². The van der Waals surface area contributed by atoms with E-state index < -0.39 is 17.4 Å². The number of benzene rings is 1. The predicted octanol–water partition coefficient (Wildman–Crippen LogP) is 4.72. The SMILES string of the molecule is Cc1cc(C2=NC(C)(C)Cc3c(F)cccc32)cnc1C(F)(F)F. The van der Waals surface area contributed by atoms with Crippen molar-refractivity contribution in [2.75, 3.05) is 0 Å². The number of pyridine rings is 1. The van der Waals surface area contributed by atoms with Crippen LogP contribution >= 0.6 is 0 Å². The molecular formula is C18H16F4N2. The van der Waals surface area contributed by atoms with E-state index in [1.807, 2.05) is 13.8 Å². The topological polar surface area (TPSA) is 25.2 Å². The van der Waals surface area contributed by atoms with E-state index in [1.165, 1.54) is 19.1 Å². The van der Waals surface area contributed by atoms with Gasteiger partial charge in [-0.2, -0.15) is 13.2 Å². The van der Waals surface area contributed by atoms with Gasteiger partial charge in [-0.25, -0.2) is 4.39 Å². The number of hydrogen-bond acceptors (Lipinski definition) is 2. The summed E-state index contributed by atoms with van der Waals surface area (Å²) in [6.45, 7) is 5.10. The van der Waals surface area contributed by atoms with Crippen molar-refractivity contribution < 1.29 is 17.6 Å². The highest BCUT2D eigenvalue weighted by molar-refractivity contribution is 6.14. The fourth-order valence-corrected chi connectivity index (χ4v) is 3.02. The van der Waals surface area contributed by atoms with Crippen molar-refractivity contribution in [3.8, 4) is 0 Å². The first-order valence-corrected chi connectivity index (χ1v) is 7.50. The third kappa shape index (κ3) is 2.92. The molecule has 2 nitrogen and oxygen atoms in total. The molecule has 1 aromatic carbocycles. The first-order chi connectivity index (χ1) is 11.1. The lowest BCUT2D eigenvalue weighted by molar-refractivity contribution is -0.141. The Morgan fingerprint density at radius 3 is 2.50 bits per heavy atom. The lowest BCUT2D eigenvalue weighted by Gasteiger charge is -2.29. The second kappa shape index (κ2) is 5.40. The van der Waals surface area contributed by atoms with Crippen molar-refractivity contribution in [1.29, 1.82) is 0 Å². The number of rotatable bonds is 1. The van der Waals surface area contributed by atoms with Crippen LogP contribution in [0.15, 0.2) is 35.5 Å². The summed E-state index contributed by atoms with van der Waals surface area (Å²) in [5.74, 6) is -0.329. The Hall–Kier alpha value is -2.24. The lowest BCUT2D eigenvalue weighted by Crippen LogP contribution is -2.30. The Labute approximate surface area is 137 Å². The molecule has 0 spiro atoms. The van der Waals surface area contributed by atoms with Gasteiger partial charge >= 0.3 is 6.18 Å². The first kappa shape index (κ1) is 16.6. The maximum Gasteiger partial charge on any atom is 0.433 e. The molecule has 0 atom stereocenters. The van der Waals surface area contributed by atoms with Gasteiger partial charge in [0.1, 0.15) is 11.5 Å². The average molecular weight is 336 g/mol. The van der Waals surface area contributed by atoms with Crippen LogP contribution in [0.25, 0.3) is 0 Å². The number of aromatic nitrogens is 1. The minimum absolute atomic E-state index is 0.0176. The van der Waals surface area contributed by atoms with Crippen LogP contribution in [0.1, 0.15) is 41.8 Å². The molecule has 1 aromatic heterocycles. The fraction of sp³-hybridized carbons (Fsp3) is 0.333. The number of aryl methyl sites for hydroxylation is 1. The molecule has 0 amide bonds. The maximum atomic E-state index is 14.2. The number of halogens is 4. The van der Waals surface area contributed by atoms with Gasteiger partial charge in [0.2, 0.25) is 0 Å². The number of aliphatic imine (C=N–C) groups is 1. The zero-order valence-electron chi connectivity index (χ0n) is 13.5. The van der Waals surface area contributed by atoms with Gasteiger partial charge in [-0.3, -0.25) is 9.98 Å². The quantitative estimate of drug-likeness (QED) is 0.692. The van der Waals surface area contributed by atoms with Crippen LogP contribution in [0, 0.1) is 12.7 Å². The normalized spacial score (nSPS) is 16.5. The van der Waals surface area contributed by atoms with Gasteiger partial charge in [-0.05, 0) is 44.0 Å². The van der Waals surface area contributed by atoms with Crippen LogP contribution in [-0.2, 0) is 12.6 Å². The molecule has 0 fully saturated rings. The van der Waals surface area contributed by atoms with Crippen molar-refractivity contribution >= 4 is 5.71 Å². The Balaban J connectivity index is 2.17. The van der Waals surface area contributed by atoms with Gasteiger partial charge in [0.05, 0.1) is 11.3 Å². The Morgan fingerprint density at radius 2 is 1.88 bits per heavy atom. The molecule has 2 aromatic rings. The summed E-state index contributed by atoms with van der Waals surface area (Å²) >= 11 is 0. The Morgan fingerprint density at radius 1 is 1.17 bits per heavy atom. The predicted molar refractivity (Wildman–Crippen MR) is 83.8 cm³/mol. The van der Waals surface area contributed by atoms with Crippen molar-refractivity contribution in [2.24, 2.45) is 4.99 Å². The minimum Gasteiger partial charge on any atom is -0.278 e. The third-order valence-corrected chi connectivity index (χ3v) is 4.02. The van der Waals surface area contributed by atoms with Crippen LogP contribution < -0.4 is 0 Å². The monoisotopic (exact) mass is 336 g/mol. The van der Waals surface area contributed by atoms with E-state index in [1.54, 1.807) is 12.1 Å². The van der Waals surface area contributed by atoms with Crippen LogP contribution in [-0.4, -0.2) is 16.2 Å². The number of hydrogen-bond donors (Lipinski definition) is 0. The van der Waals surface area contributed by atoms with Gasteiger partial charge in [0.15, 0.2) is 0 Å². The molecule has 0 saturated carbocycles. The summed E-state index contributed by atoms with van der Waals surface area (Å²) in [5.41, 5.74) is 0.636. The fourth-order valence-electron chi connectivity index (χ4n) is 3.02. The summed E-state index contributed by atoms with van der Waals surface area (Å²) in [5, 5.41) is 0. The highest BCUT2D eigenvalue weighted by Crippen LogP contribution is 2.33. The van der Waals surface area contributed by atoms with Crippen molar-refractivity contribution in [1.82, 2.24) is 4.98 Å². The molecule has 0 unspecified atom stereocenters. The Kier molecular flexibility index (Phi) is 3.73. The summed E-state index contributed by atoms with van der Waals surface area (Å²) in [4.78, 5) is 8.20. The highest BCUT2D eigenvalue weighted by atomic mass is 19.4. The zero-order valence-corrected chi connectivity index (χ0v) is 13.5. The molecule has 0 radical (unpaired) electrons. The first-order valence-electron chi connectivity index (χ1n) is 7.50. The van der Waals surface area contributed by atoms with E-state index >= 15 is 0 Å². The van der Waals surface area contributed by atoms with Crippen LogP contribution in [0.3, 0.4) is 0 Å². The minimum atomic E-state index is -4.50. The molecule has 126 valence electrons. The van der Waals surface area contributed by atoms with E-state index in [4.69, 9.17) is 0 Å².